The van der Waals surface area contributed by atoms with Crippen molar-refractivity contribution in [1.29, 1.82) is 0 Å². The smallest absolute Gasteiger partial charge is 0.277 e. The molecule has 6 nitrogen and oxygen atoms in total. The van der Waals surface area contributed by atoms with Crippen molar-refractivity contribution in [2.75, 3.05) is 11.1 Å². The molecule has 2 aromatic rings. The molecule has 0 radical (unpaired) electrons. The molecule has 30 heavy (non-hydrogen) atoms. The van der Waals surface area contributed by atoms with Crippen molar-refractivity contribution in [3.8, 4) is 0 Å². The van der Waals surface area contributed by atoms with Crippen LogP contribution < -0.4 is 5.32 Å². The molecular formula is C23H25N3O3S. The molecule has 0 atom stereocenters. The van der Waals surface area contributed by atoms with Crippen LogP contribution in [0.5, 0.6) is 0 Å². The topological polar surface area (TPSA) is 85.1 Å². The summed E-state index contributed by atoms with van der Waals surface area (Å²) in [6.45, 7) is 0. The number of anilines is 1. The van der Waals surface area contributed by atoms with E-state index < -0.39 is 0 Å². The summed E-state index contributed by atoms with van der Waals surface area (Å²) in [5.74, 6) is 3.63. The maximum absolute atomic E-state index is 12.7. The summed E-state index contributed by atoms with van der Waals surface area (Å²) < 4.78 is 6.10. The average Bonchev–Trinajstić information content (AvgIpc) is 3.21. The van der Waals surface area contributed by atoms with Crippen molar-refractivity contribution >= 4 is 29.1 Å². The summed E-state index contributed by atoms with van der Waals surface area (Å²) in [6.07, 6.45) is 8.86. The van der Waals surface area contributed by atoms with Gasteiger partial charge in [0.05, 0.1) is 5.75 Å². The zero-order valence-electron chi connectivity index (χ0n) is 16.9. The standard InChI is InChI=1S/C23H25N3O3S/c27-19(17-1-3-18-16(8-17)2-4-20(28)24-18)12-30-22-26-25-21(29-22)23-9-13-5-14(10-23)7-15(6-13)11-23/h1,3,8,13-15H,2,4-7,9-12H2,(H,24,28). The lowest BCUT2D eigenvalue weighted by molar-refractivity contribution is -0.116. The number of aryl methyl sites for hydroxylation is 1. The molecule has 4 bridgehead atoms. The molecule has 156 valence electrons. The fraction of sp³-hybridized carbons (Fsp3) is 0.565. The molecule has 1 N–H and O–H groups in total. The van der Waals surface area contributed by atoms with E-state index in [1.807, 2.05) is 12.1 Å². The van der Waals surface area contributed by atoms with Gasteiger partial charge in [0.15, 0.2) is 5.78 Å². The number of thioether (sulfide) groups is 1. The number of nitrogens with one attached hydrogen (secondary N) is 1. The molecule has 1 aromatic carbocycles. The van der Waals surface area contributed by atoms with Gasteiger partial charge < -0.3 is 9.73 Å². The fourth-order valence-corrected chi connectivity index (χ4v) is 7.28. The van der Waals surface area contributed by atoms with E-state index in [1.165, 1.54) is 50.3 Å². The van der Waals surface area contributed by atoms with Crippen molar-refractivity contribution in [2.45, 2.75) is 62.0 Å². The molecule has 4 fully saturated rings. The third-order valence-electron chi connectivity index (χ3n) is 7.55. The summed E-state index contributed by atoms with van der Waals surface area (Å²) in [5.41, 5.74) is 2.59. The van der Waals surface area contributed by atoms with Gasteiger partial charge in [-0.1, -0.05) is 11.8 Å². The van der Waals surface area contributed by atoms with Gasteiger partial charge in [-0.15, -0.1) is 10.2 Å². The van der Waals surface area contributed by atoms with E-state index in [0.29, 0.717) is 23.6 Å². The maximum Gasteiger partial charge on any atom is 0.277 e. The number of amides is 1. The van der Waals surface area contributed by atoms with Crippen LogP contribution in [-0.2, 0) is 16.6 Å². The second-order valence-electron chi connectivity index (χ2n) is 9.70. The van der Waals surface area contributed by atoms with Crippen LogP contribution in [0.25, 0.3) is 0 Å². The van der Waals surface area contributed by atoms with Crippen LogP contribution in [0.15, 0.2) is 27.8 Å². The van der Waals surface area contributed by atoms with Crippen LogP contribution in [0.3, 0.4) is 0 Å². The lowest BCUT2D eigenvalue weighted by Gasteiger charge is -2.55. The first-order valence-electron chi connectivity index (χ1n) is 11.0. The molecule has 0 spiro atoms. The SMILES string of the molecule is O=C1CCc2cc(C(=O)CSc3nnc(C45CC6CC(CC(C6)C4)C5)o3)ccc2N1. The molecule has 7 rings (SSSR count). The Morgan fingerprint density at radius 3 is 2.57 bits per heavy atom. The second-order valence-corrected chi connectivity index (χ2v) is 10.6. The predicted octanol–water partition coefficient (Wildman–Crippen LogP) is 4.40. The van der Waals surface area contributed by atoms with Crippen molar-refractivity contribution in [3.63, 3.8) is 0 Å². The van der Waals surface area contributed by atoms with E-state index in [-0.39, 0.29) is 22.9 Å². The minimum absolute atomic E-state index is 0.0309. The number of ketones is 1. The molecule has 4 saturated carbocycles. The molecular weight excluding hydrogens is 398 g/mol. The number of aromatic nitrogens is 2. The van der Waals surface area contributed by atoms with Crippen LogP contribution in [0.2, 0.25) is 0 Å². The summed E-state index contributed by atoms with van der Waals surface area (Å²) in [5, 5.41) is 12.0. The first kappa shape index (κ1) is 18.6. The van der Waals surface area contributed by atoms with E-state index in [0.717, 1.165) is 34.9 Å². The molecule has 0 saturated heterocycles. The van der Waals surface area contributed by atoms with E-state index in [9.17, 15) is 9.59 Å². The minimum atomic E-state index is 0.0309. The number of fused-ring (bicyclic) bond motifs is 1. The largest absolute Gasteiger partial charge is 0.415 e. The van der Waals surface area contributed by atoms with Crippen LogP contribution in [0, 0.1) is 17.8 Å². The zero-order chi connectivity index (χ0) is 20.3. The number of carbonyl (C=O) groups excluding carboxylic acids is 2. The first-order chi connectivity index (χ1) is 14.6. The lowest BCUT2D eigenvalue weighted by Crippen LogP contribution is -2.48. The number of nitrogens with zero attached hydrogens (tertiary/aromatic N) is 2. The number of carbonyl (C=O) groups is 2. The molecule has 7 heteroatoms. The Labute approximate surface area is 179 Å². The van der Waals surface area contributed by atoms with Gasteiger partial charge in [0.1, 0.15) is 0 Å². The van der Waals surface area contributed by atoms with Crippen molar-refractivity contribution in [1.82, 2.24) is 10.2 Å². The summed E-state index contributed by atoms with van der Waals surface area (Å²) in [6, 6.07) is 5.50. The number of rotatable bonds is 5. The highest BCUT2D eigenvalue weighted by molar-refractivity contribution is 7.99. The van der Waals surface area contributed by atoms with Crippen LogP contribution in [-0.4, -0.2) is 27.6 Å². The zero-order valence-corrected chi connectivity index (χ0v) is 17.7. The molecule has 4 aliphatic carbocycles. The highest BCUT2D eigenvalue weighted by Crippen LogP contribution is 2.60. The Kier molecular flexibility index (Phi) is 4.30. The van der Waals surface area contributed by atoms with Crippen molar-refractivity contribution < 1.29 is 14.0 Å². The summed E-state index contributed by atoms with van der Waals surface area (Å²) in [7, 11) is 0. The van der Waals surface area contributed by atoms with Gasteiger partial charge in [-0.2, -0.15) is 0 Å². The van der Waals surface area contributed by atoms with Crippen LogP contribution >= 0.6 is 11.8 Å². The van der Waals surface area contributed by atoms with Gasteiger partial charge in [0, 0.05) is 23.1 Å². The van der Waals surface area contributed by atoms with E-state index in [1.54, 1.807) is 6.07 Å². The predicted molar refractivity (Wildman–Crippen MR) is 113 cm³/mol. The van der Waals surface area contributed by atoms with Gasteiger partial charge in [0.2, 0.25) is 11.8 Å². The number of hydrogen-bond donors (Lipinski definition) is 1. The molecule has 2 heterocycles. The third-order valence-corrected chi connectivity index (χ3v) is 8.37. The third kappa shape index (κ3) is 3.18. The lowest BCUT2D eigenvalue weighted by atomic mass is 9.49. The van der Waals surface area contributed by atoms with Crippen molar-refractivity contribution in [3.05, 3.63) is 35.2 Å². The van der Waals surface area contributed by atoms with Gasteiger partial charge in [0.25, 0.3) is 5.22 Å². The molecule has 1 amide bonds. The Balaban J connectivity index is 1.13. The molecule has 0 unspecified atom stereocenters. The van der Waals surface area contributed by atoms with Crippen LogP contribution in [0.4, 0.5) is 5.69 Å². The van der Waals surface area contributed by atoms with Crippen LogP contribution in [0.1, 0.15) is 66.8 Å². The first-order valence-corrected chi connectivity index (χ1v) is 12.0. The number of Topliss-reactive ketones (excluding diaryl/α,β-unsaturated/α-hetero) is 1. The van der Waals surface area contributed by atoms with Gasteiger partial charge in [-0.3, -0.25) is 9.59 Å². The highest BCUT2D eigenvalue weighted by Gasteiger charge is 2.54. The highest BCUT2D eigenvalue weighted by atomic mass is 32.2. The van der Waals surface area contributed by atoms with Crippen molar-refractivity contribution in [2.24, 2.45) is 17.8 Å². The van der Waals surface area contributed by atoms with E-state index >= 15 is 0 Å². The van der Waals surface area contributed by atoms with Gasteiger partial charge in [-0.25, -0.2) is 0 Å². The molecule has 1 aliphatic heterocycles. The second kappa shape index (κ2) is 6.94. The van der Waals surface area contributed by atoms with E-state index in [4.69, 9.17) is 4.42 Å². The molecule has 5 aliphatic rings. The normalized spacial score (nSPS) is 31.5. The fourth-order valence-electron chi connectivity index (χ4n) is 6.62. The quantitative estimate of drug-likeness (QED) is 0.567. The Morgan fingerprint density at radius 1 is 1.10 bits per heavy atom. The Morgan fingerprint density at radius 2 is 1.83 bits per heavy atom. The summed E-state index contributed by atoms with van der Waals surface area (Å²) >= 11 is 1.33. The average molecular weight is 424 g/mol. The Bertz CT molecular complexity index is 995. The van der Waals surface area contributed by atoms with Gasteiger partial charge >= 0.3 is 0 Å². The number of hydrogen-bond acceptors (Lipinski definition) is 6. The minimum Gasteiger partial charge on any atom is -0.415 e. The monoisotopic (exact) mass is 423 g/mol. The van der Waals surface area contributed by atoms with Gasteiger partial charge in [-0.05, 0) is 86.5 Å². The Hall–Kier alpha value is -2.15. The molecule has 1 aromatic heterocycles. The number of benzene rings is 1. The van der Waals surface area contributed by atoms with E-state index in [2.05, 4.69) is 15.5 Å². The maximum atomic E-state index is 12.7. The summed E-state index contributed by atoms with van der Waals surface area (Å²) in [4.78, 5) is 24.2.